The molecule has 0 radical (unpaired) electrons. The molecule has 0 saturated heterocycles. The third-order valence-corrected chi connectivity index (χ3v) is 4.22. The molecule has 0 atom stereocenters. The van der Waals surface area contributed by atoms with Crippen molar-refractivity contribution in [2.75, 3.05) is 0 Å². The number of rotatable bonds is 4. The van der Waals surface area contributed by atoms with E-state index in [0.717, 1.165) is 10.8 Å². The molecule has 4 aromatic carbocycles. The van der Waals surface area contributed by atoms with Gasteiger partial charge in [-0.2, -0.15) is 10.5 Å². The largest absolute Gasteiger partial charge is 0.453 e. The van der Waals surface area contributed by atoms with Gasteiger partial charge in [0, 0.05) is 0 Å². The molecule has 4 heteroatoms. The Morgan fingerprint density at radius 1 is 0.536 bits per heavy atom. The second-order valence-electron chi connectivity index (χ2n) is 6.10. The number of ether oxygens (including phenoxy) is 2. The van der Waals surface area contributed by atoms with Gasteiger partial charge in [-0.15, -0.1) is 0 Å². The maximum absolute atomic E-state index is 9.31. The fourth-order valence-electron chi connectivity index (χ4n) is 2.88. The smallest absolute Gasteiger partial charge is 0.170 e. The van der Waals surface area contributed by atoms with Crippen molar-refractivity contribution in [1.82, 2.24) is 0 Å². The van der Waals surface area contributed by atoms with Crippen molar-refractivity contribution in [3.8, 4) is 35.1 Å². The minimum absolute atomic E-state index is 0.331. The van der Waals surface area contributed by atoms with Crippen LogP contribution in [0.25, 0.3) is 10.8 Å². The van der Waals surface area contributed by atoms with Crippen LogP contribution < -0.4 is 9.47 Å². The summed E-state index contributed by atoms with van der Waals surface area (Å²) in [5.74, 6) is 2.40. The van der Waals surface area contributed by atoms with Crippen LogP contribution in [0.15, 0.2) is 84.9 Å². The first kappa shape index (κ1) is 17.1. The van der Waals surface area contributed by atoms with Gasteiger partial charge >= 0.3 is 0 Å². The normalized spacial score (nSPS) is 10.1. The van der Waals surface area contributed by atoms with Crippen molar-refractivity contribution < 1.29 is 9.47 Å². The van der Waals surface area contributed by atoms with Gasteiger partial charge < -0.3 is 9.47 Å². The molecule has 0 aliphatic carbocycles. The number of nitriles is 2. The van der Waals surface area contributed by atoms with E-state index in [9.17, 15) is 10.5 Å². The van der Waals surface area contributed by atoms with Crippen LogP contribution in [0, 0.1) is 22.7 Å². The average molecular weight is 362 g/mol. The maximum atomic E-state index is 9.31. The third-order valence-electron chi connectivity index (χ3n) is 4.22. The fourth-order valence-corrected chi connectivity index (χ4v) is 2.88. The van der Waals surface area contributed by atoms with Crippen molar-refractivity contribution >= 4 is 10.8 Å². The highest BCUT2D eigenvalue weighted by molar-refractivity contribution is 5.89. The maximum Gasteiger partial charge on any atom is 0.170 e. The lowest BCUT2D eigenvalue weighted by Crippen LogP contribution is -1.92. The van der Waals surface area contributed by atoms with Gasteiger partial charge in [-0.3, -0.25) is 0 Å². The number of nitrogens with zero attached hydrogens (tertiary/aromatic N) is 2. The molecule has 0 aliphatic rings. The molecule has 28 heavy (non-hydrogen) atoms. The van der Waals surface area contributed by atoms with Crippen molar-refractivity contribution in [3.05, 3.63) is 96.1 Å². The molecule has 4 rings (SSSR count). The summed E-state index contributed by atoms with van der Waals surface area (Å²) < 4.78 is 12.1. The van der Waals surface area contributed by atoms with Crippen LogP contribution in [0.3, 0.4) is 0 Å². The monoisotopic (exact) mass is 362 g/mol. The highest BCUT2D eigenvalue weighted by Crippen LogP contribution is 2.39. The van der Waals surface area contributed by atoms with E-state index in [-0.39, 0.29) is 0 Å². The quantitative estimate of drug-likeness (QED) is 0.435. The lowest BCUT2D eigenvalue weighted by molar-refractivity contribution is 0.420. The average Bonchev–Trinajstić information content (AvgIpc) is 2.74. The zero-order valence-electron chi connectivity index (χ0n) is 14.8. The Morgan fingerprint density at radius 2 is 0.929 bits per heavy atom. The van der Waals surface area contributed by atoms with Crippen LogP contribution in [0.5, 0.6) is 23.0 Å². The van der Waals surface area contributed by atoms with Gasteiger partial charge in [0.25, 0.3) is 0 Å². The number of benzene rings is 4. The highest BCUT2D eigenvalue weighted by Gasteiger charge is 2.13. The molecular formula is C24H14N2O2. The molecule has 4 nitrogen and oxygen atoms in total. The van der Waals surface area contributed by atoms with Crippen LogP contribution in [-0.2, 0) is 0 Å². The van der Waals surface area contributed by atoms with E-state index in [1.807, 2.05) is 72.8 Å². The van der Waals surface area contributed by atoms with E-state index < -0.39 is 0 Å². The Bertz CT molecular complexity index is 1120. The first-order valence-electron chi connectivity index (χ1n) is 8.64. The summed E-state index contributed by atoms with van der Waals surface area (Å²) >= 11 is 0. The van der Waals surface area contributed by atoms with E-state index in [2.05, 4.69) is 12.1 Å². The van der Waals surface area contributed by atoms with Gasteiger partial charge in [0.2, 0.25) is 0 Å². The molecule has 0 heterocycles. The Hall–Kier alpha value is -4.28. The molecule has 0 bridgehead atoms. The molecule has 0 fully saturated rings. The van der Waals surface area contributed by atoms with Gasteiger partial charge in [-0.1, -0.05) is 36.4 Å². The zero-order valence-corrected chi connectivity index (χ0v) is 14.8. The molecule has 0 saturated carbocycles. The van der Waals surface area contributed by atoms with E-state index in [1.165, 1.54) is 0 Å². The fraction of sp³-hybridized carbons (Fsp3) is 0. The van der Waals surface area contributed by atoms with Gasteiger partial charge in [-0.25, -0.2) is 0 Å². The molecule has 0 aromatic heterocycles. The van der Waals surface area contributed by atoms with Gasteiger partial charge in [0.1, 0.15) is 23.6 Å². The van der Waals surface area contributed by atoms with Crippen LogP contribution in [0.1, 0.15) is 11.1 Å². The van der Waals surface area contributed by atoms with Gasteiger partial charge in [-0.05, 0) is 59.3 Å². The summed E-state index contributed by atoms with van der Waals surface area (Å²) in [6, 6.07) is 30.0. The summed E-state index contributed by atoms with van der Waals surface area (Å²) in [4.78, 5) is 0. The molecule has 132 valence electrons. The number of hydrogen-bond acceptors (Lipinski definition) is 4. The Morgan fingerprint density at radius 3 is 1.29 bits per heavy atom. The van der Waals surface area contributed by atoms with Gasteiger partial charge in [0.15, 0.2) is 11.5 Å². The summed E-state index contributed by atoms with van der Waals surface area (Å²) in [5, 5.41) is 20.2. The topological polar surface area (TPSA) is 66.0 Å². The lowest BCUT2D eigenvalue weighted by Gasteiger charge is -2.14. The SMILES string of the molecule is N#Cc1cc2cc(Oc3ccccc3)c(Oc3ccccc3)cc2cc1C#N. The zero-order chi connectivity index (χ0) is 19.3. The molecule has 0 unspecified atom stereocenters. The lowest BCUT2D eigenvalue weighted by atomic mass is 10.0. The minimum atomic E-state index is 0.331. The van der Waals surface area contributed by atoms with E-state index in [4.69, 9.17) is 9.47 Å². The molecule has 0 amide bonds. The second-order valence-corrected chi connectivity index (χ2v) is 6.10. The molecule has 0 spiro atoms. The first-order chi connectivity index (χ1) is 13.8. The standard InChI is InChI=1S/C24H14N2O2/c25-15-19-11-17-13-23(27-21-7-3-1-4-8-21)24(14-18(17)12-20(19)16-26)28-22-9-5-2-6-10-22/h1-14H. The predicted octanol–water partition coefficient (Wildman–Crippen LogP) is 6.17. The summed E-state index contributed by atoms with van der Waals surface area (Å²) in [7, 11) is 0. The molecular weight excluding hydrogens is 348 g/mol. The predicted molar refractivity (Wildman–Crippen MR) is 106 cm³/mol. The van der Waals surface area contributed by atoms with Crippen LogP contribution in [0.2, 0.25) is 0 Å². The van der Waals surface area contributed by atoms with Crippen LogP contribution in [0.4, 0.5) is 0 Å². The molecule has 0 aliphatic heterocycles. The van der Waals surface area contributed by atoms with Crippen LogP contribution >= 0.6 is 0 Å². The Labute approximate surface area is 162 Å². The van der Waals surface area contributed by atoms with E-state index in [0.29, 0.717) is 34.1 Å². The van der Waals surface area contributed by atoms with E-state index >= 15 is 0 Å². The number of fused-ring (bicyclic) bond motifs is 1. The van der Waals surface area contributed by atoms with E-state index in [1.54, 1.807) is 12.1 Å². The van der Waals surface area contributed by atoms with Crippen molar-refractivity contribution in [3.63, 3.8) is 0 Å². The summed E-state index contributed by atoms with van der Waals surface area (Å²) in [6.45, 7) is 0. The van der Waals surface area contributed by atoms with Crippen molar-refractivity contribution in [2.24, 2.45) is 0 Å². The Balaban J connectivity index is 1.86. The van der Waals surface area contributed by atoms with Crippen molar-refractivity contribution in [2.45, 2.75) is 0 Å². The minimum Gasteiger partial charge on any atom is -0.453 e. The number of para-hydroxylation sites is 2. The third kappa shape index (κ3) is 3.49. The van der Waals surface area contributed by atoms with Crippen LogP contribution in [-0.4, -0.2) is 0 Å². The Kier molecular flexibility index (Phi) is 4.61. The first-order valence-corrected chi connectivity index (χ1v) is 8.64. The highest BCUT2D eigenvalue weighted by atomic mass is 16.5. The second kappa shape index (κ2) is 7.53. The molecule has 0 N–H and O–H groups in total. The molecule has 4 aromatic rings. The van der Waals surface area contributed by atoms with Crippen molar-refractivity contribution in [1.29, 1.82) is 10.5 Å². The van der Waals surface area contributed by atoms with Gasteiger partial charge in [0.05, 0.1) is 11.1 Å². The number of hydrogen-bond donors (Lipinski definition) is 0. The summed E-state index contributed by atoms with van der Waals surface area (Å²) in [5.41, 5.74) is 0.662. The summed E-state index contributed by atoms with van der Waals surface area (Å²) in [6.07, 6.45) is 0.